The Morgan fingerprint density at radius 3 is 0.750 bits per heavy atom. The summed E-state index contributed by atoms with van der Waals surface area (Å²) in [6.07, 6.45) is 0.667. The van der Waals surface area contributed by atoms with Gasteiger partial charge in [0.15, 0.2) is 0 Å². The van der Waals surface area contributed by atoms with Gasteiger partial charge >= 0.3 is 17.9 Å². The molecular formula is C9H18O6Pr. The monoisotopic (exact) mass is 363 g/mol. The van der Waals surface area contributed by atoms with Gasteiger partial charge in [-0.25, -0.2) is 0 Å². The quantitative estimate of drug-likeness (QED) is 0.700. The molecule has 0 saturated carbocycles. The summed E-state index contributed by atoms with van der Waals surface area (Å²) in [5.41, 5.74) is 0. The first-order valence-corrected chi connectivity index (χ1v) is 4.47. The van der Waals surface area contributed by atoms with Gasteiger partial charge in [-0.1, -0.05) is 20.8 Å². The molecule has 0 fully saturated rings. The van der Waals surface area contributed by atoms with E-state index in [9.17, 15) is 14.4 Å². The zero-order valence-electron chi connectivity index (χ0n) is 9.77. The minimum atomic E-state index is -0.745. The maximum atomic E-state index is 9.37. The SMILES string of the molecule is CCC(=O)O.CCC(=O)O.CCC(=O)O.[Pr]. The first-order chi connectivity index (χ1) is 6.81. The predicted molar refractivity (Wildman–Crippen MR) is 53.8 cm³/mol. The van der Waals surface area contributed by atoms with Crippen LogP contribution in [0.15, 0.2) is 0 Å². The molecule has 0 bridgehead atoms. The fourth-order valence-electron chi connectivity index (χ4n) is 0. The molecule has 0 aromatic heterocycles. The van der Waals surface area contributed by atoms with E-state index in [2.05, 4.69) is 0 Å². The molecule has 0 aliphatic heterocycles. The van der Waals surface area contributed by atoms with Crippen LogP contribution >= 0.6 is 0 Å². The van der Waals surface area contributed by atoms with Gasteiger partial charge in [0.1, 0.15) is 0 Å². The Morgan fingerprint density at radius 1 is 0.688 bits per heavy atom. The van der Waals surface area contributed by atoms with Gasteiger partial charge in [0, 0.05) is 60.6 Å². The Labute approximate surface area is 128 Å². The van der Waals surface area contributed by atoms with Crippen molar-refractivity contribution in [2.24, 2.45) is 0 Å². The fourth-order valence-corrected chi connectivity index (χ4v) is 0. The van der Waals surface area contributed by atoms with E-state index in [4.69, 9.17) is 15.3 Å². The van der Waals surface area contributed by atoms with Crippen LogP contribution in [0.3, 0.4) is 0 Å². The minimum absolute atomic E-state index is 0. The molecule has 16 heavy (non-hydrogen) atoms. The van der Waals surface area contributed by atoms with Gasteiger partial charge in [-0.2, -0.15) is 0 Å². The van der Waals surface area contributed by atoms with Crippen molar-refractivity contribution in [1.82, 2.24) is 0 Å². The molecule has 3 N–H and O–H groups in total. The number of carboxylic acids is 3. The Bertz CT molecular complexity index is 159. The topological polar surface area (TPSA) is 112 Å². The number of hydrogen-bond acceptors (Lipinski definition) is 3. The van der Waals surface area contributed by atoms with E-state index in [1.54, 1.807) is 20.8 Å². The van der Waals surface area contributed by atoms with Crippen LogP contribution in [0.2, 0.25) is 0 Å². The van der Waals surface area contributed by atoms with Gasteiger partial charge in [-0.15, -0.1) is 0 Å². The first-order valence-electron chi connectivity index (χ1n) is 4.47. The Hall–Kier alpha value is -0.226. The smallest absolute Gasteiger partial charge is 0.303 e. The summed E-state index contributed by atoms with van der Waals surface area (Å²) in [7, 11) is 0. The average Bonchev–Trinajstić information content (AvgIpc) is 2.19. The van der Waals surface area contributed by atoms with Crippen LogP contribution in [-0.2, 0) is 14.4 Å². The van der Waals surface area contributed by atoms with Crippen LogP contribution in [0.5, 0.6) is 0 Å². The van der Waals surface area contributed by atoms with E-state index >= 15 is 0 Å². The molecule has 1 radical (unpaired) electrons. The van der Waals surface area contributed by atoms with E-state index in [0.717, 1.165) is 0 Å². The van der Waals surface area contributed by atoms with Gasteiger partial charge in [0.25, 0.3) is 0 Å². The van der Waals surface area contributed by atoms with Crippen molar-refractivity contribution in [3.8, 4) is 0 Å². The number of carbonyl (C=O) groups is 3. The molecule has 93 valence electrons. The zero-order chi connectivity index (χ0) is 12.9. The summed E-state index contributed by atoms with van der Waals surface area (Å²) in [6.45, 7) is 4.80. The van der Waals surface area contributed by atoms with Crippen molar-refractivity contribution in [3.05, 3.63) is 0 Å². The predicted octanol–water partition coefficient (Wildman–Crippen LogP) is 1.44. The van der Waals surface area contributed by atoms with Gasteiger partial charge in [-0.05, 0) is 0 Å². The second kappa shape index (κ2) is 20.2. The van der Waals surface area contributed by atoms with E-state index in [-0.39, 0.29) is 60.6 Å². The van der Waals surface area contributed by atoms with Crippen LogP contribution in [0.1, 0.15) is 40.0 Å². The number of carboxylic acid groups (broad SMARTS) is 3. The Balaban J connectivity index is -0.0000000655. The largest absolute Gasteiger partial charge is 0.481 e. The van der Waals surface area contributed by atoms with Gasteiger partial charge in [-0.3, -0.25) is 14.4 Å². The van der Waals surface area contributed by atoms with E-state index in [0.29, 0.717) is 0 Å². The molecule has 0 atom stereocenters. The van der Waals surface area contributed by atoms with Gasteiger partial charge in [0.2, 0.25) is 0 Å². The van der Waals surface area contributed by atoms with Crippen molar-refractivity contribution < 1.29 is 71.0 Å². The number of rotatable bonds is 3. The maximum absolute atomic E-state index is 9.37. The molecular weight excluding hydrogens is 345 g/mol. The summed E-state index contributed by atoms with van der Waals surface area (Å²) in [5.74, 6) is -2.24. The van der Waals surface area contributed by atoms with Crippen molar-refractivity contribution in [2.45, 2.75) is 40.0 Å². The second-order valence-electron chi connectivity index (χ2n) is 2.24. The third-order valence-electron chi connectivity index (χ3n) is 0.907. The molecule has 0 aromatic rings. The third kappa shape index (κ3) is 67.4. The molecule has 0 aliphatic carbocycles. The van der Waals surface area contributed by atoms with Crippen molar-refractivity contribution >= 4 is 17.9 Å². The molecule has 0 amide bonds. The third-order valence-corrected chi connectivity index (χ3v) is 0.907. The maximum Gasteiger partial charge on any atom is 0.303 e. The second-order valence-corrected chi connectivity index (χ2v) is 2.24. The van der Waals surface area contributed by atoms with Crippen LogP contribution in [-0.4, -0.2) is 33.2 Å². The Morgan fingerprint density at radius 2 is 0.750 bits per heavy atom. The van der Waals surface area contributed by atoms with Crippen molar-refractivity contribution in [1.29, 1.82) is 0 Å². The standard InChI is InChI=1S/3C3H6O2.Pr/c3*1-2-3(4)5;/h3*2H2,1H3,(H,4,5);. The minimum Gasteiger partial charge on any atom is -0.481 e. The molecule has 6 nitrogen and oxygen atoms in total. The summed E-state index contributed by atoms with van der Waals surface area (Å²) >= 11 is 0. The summed E-state index contributed by atoms with van der Waals surface area (Å²) < 4.78 is 0. The van der Waals surface area contributed by atoms with Gasteiger partial charge < -0.3 is 15.3 Å². The summed E-state index contributed by atoms with van der Waals surface area (Å²) in [5, 5.41) is 23.2. The van der Waals surface area contributed by atoms with E-state index < -0.39 is 17.9 Å². The molecule has 0 heterocycles. The van der Waals surface area contributed by atoms with Crippen molar-refractivity contribution in [3.63, 3.8) is 0 Å². The van der Waals surface area contributed by atoms with Gasteiger partial charge in [0.05, 0.1) is 0 Å². The molecule has 0 rings (SSSR count). The fraction of sp³-hybridized carbons (Fsp3) is 0.667. The zero-order valence-corrected chi connectivity index (χ0v) is 13.5. The van der Waals surface area contributed by atoms with Crippen LogP contribution in [0.25, 0.3) is 0 Å². The molecule has 0 unspecified atom stereocenters. The van der Waals surface area contributed by atoms with Crippen LogP contribution in [0, 0.1) is 41.3 Å². The average molecular weight is 363 g/mol. The molecule has 7 heteroatoms. The number of aliphatic carboxylic acids is 3. The molecule has 0 aromatic carbocycles. The molecule has 0 saturated heterocycles. The van der Waals surface area contributed by atoms with Crippen LogP contribution in [0.4, 0.5) is 0 Å². The van der Waals surface area contributed by atoms with Crippen LogP contribution < -0.4 is 0 Å². The normalized spacial score (nSPS) is 6.94. The first kappa shape index (κ1) is 24.8. The molecule has 0 spiro atoms. The van der Waals surface area contributed by atoms with Crippen molar-refractivity contribution in [2.75, 3.05) is 0 Å². The number of hydrogen-bond donors (Lipinski definition) is 3. The summed E-state index contributed by atoms with van der Waals surface area (Å²) in [6, 6.07) is 0. The summed E-state index contributed by atoms with van der Waals surface area (Å²) in [4.78, 5) is 28.1. The van der Waals surface area contributed by atoms with E-state index in [1.807, 2.05) is 0 Å². The Kier molecular flexibility index (Phi) is 31.4. The van der Waals surface area contributed by atoms with E-state index in [1.165, 1.54) is 0 Å². The molecule has 0 aliphatic rings.